The average Bonchev–Trinajstić information content (AvgIpc) is 2.40. The van der Waals surface area contributed by atoms with Gasteiger partial charge in [-0.1, -0.05) is 77.6 Å². The third-order valence-corrected chi connectivity index (χ3v) is 3.81. The molecule has 1 N–H and O–H groups in total. The van der Waals surface area contributed by atoms with Crippen LogP contribution in [-0.2, 0) is 4.79 Å². The van der Waals surface area contributed by atoms with E-state index in [0.717, 1.165) is 19.1 Å². The molecule has 0 rings (SSSR count). The molecule has 2 nitrogen and oxygen atoms in total. The number of carbonyl (C=O) groups is 1. The Labute approximate surface area is 120 Å². The molecule has 19 heavy (non-hydrogen) atoms. The van der Waals surface area contributed by atoms with Gasteiger partial charge >= 0.3 is 0 Å². The SMILES string of the molecule is [CH2]C(O)C(C=O)CCCCCCCCCCCCC. The first-order chi connectivity index (χ1) is 9.22. The standard InChI is InChI=1S/C17H33O2/c1-3-4-5-6-7-8-9-10-11-12-13-14-17(15-18)16(2)19/h15-17,19H,2-14H2,1H3. The van der Waals surface area contributed by atoms with E-state index in [9.17, 15) is 9.90 Å². The minimum Gasteiger partial charge on any atom is -0.392 e. The molecule has 0 aliphatic carbocycles. The van der Waals surface area contributed by atoms with E-state index >= 15 is 0 Å². The molecule has 0 saturated carbocycles. The Balaban J connectivity index is 3.16. The van der Waals surface area contributed by atoms with Crippen LogP contribution in [0.1, 0.15) is 84.0 Å². The van der Waals surface area contributed by atoms with Crippen LogP contribution in [0.4, 0.5) is 0 Å². The second-order valence-electron chi connectivity index (χ2n) is 5.69. The van der Waals surface area contributed by atoms with Crippen molar-refractivity contribution in [3.8, 4) is 0 Å². The van der Waals surface area contributed by atoms with Gasteiger partial charge in [-0.25, -0.2) is 0 Å². The molecule has 2 heteroatoms. The van der Waals surface area contributed by atoms with Crippen LogP contribution in [0, 0.1) is 12.8 Å². The Hall–Kier alpha value is -0.370. The summed E-state index contributed by atoms with van der Waals surface area (Å²) in [6.07, 6.45) is 15.3. The fourth-order valence-corrected chi connectivity index (χ4v) is 2.40. The van der Waals surface area contributed by atoms with E-state index in [1.165, 1.54) is 64.2 Å². The first kappa shape index (κ1) is 18.6. The molecule has 0 aliphatic rings. The fourth-order valence-electron chi connectivity index (χ4n) is 2.40. The van der Waals surface area contributed by atoms with Gasteiger partial charge in [-0.2, -0.15) is 0 Å². The zero-order valence-corrected chi connectivity index (χ0v) is 12.8. The maximum Gasteiger partial charge on any atom is 0.125 e. The molecule has 0 aromatic carbocycles. The molecule has 0 aromatic heterocycles. The van der Waals surface area contributed by atoms with Gasteiger partial charge in [0.1, 0.15) is 6.29 Å². The monoisotopic (exact) mass is 269 g/mol. The molecular formula is C17H33O2. The van der Waals surface area contributed by atoms with Gasteiger partial charge in [0.25, 0.3) is 0 Å². The Morgan fingerprint density at radius 3 is 1.68 bits per heavy atom. The van der Waals surface area contributed by atoms with Gasteiger partial charge in [0.15, 0.2) is 0 Å². The average molecular weight is 269 g/mol. The first-order valence-corrected chi connectivity index (χ1v) is 8.18. The highest BCUT2D eigenvalue weighted by molar-refractivity contribution is 5.54. The molecule has 113 valence electrons. The molecule has 0 heterocycles. The maximum absolute atomic E-state index is 10.7. The van der Waals surface area contributed by atoms with Crippen LogP contribution in [0.15, 0.2) is 0 Å². The number of carbonyl (C=O) groups excluding carboxylic acids is 1. The molecule has 0 amide bonds. The van der Waals surface area contributed by atoms with Crippen molar-refractivity contribution < 1.29 is 9.90 Å². The van der Waals surface area contributed by atoms with Crippen molar-refractivity contribution >= 4 is 6.29 Å². The molecule has 1 radical (unpaired) electrons. The van der Waals surface area contributed by atoms with Gasteiger partial charge in [-0.05, 0) is 13.3 Å². The van der Waals surface area contributed by atoms with Crippen LogP contribution in [-0.4, -0.2) is 17.5 Å². The van der Waals surface area contributed by atoms with Crippen LogP contribution in [0.2, 0.25) is 0 Å². The molecule has 0 aliphatic heterocycles. The van der Waals surface area contributed by atoms with Gasteiger partial charge in [-0.15, -0.1) is 0 Å². The maximum atomic E-state index is 10.7. The summed E-state index contributed by atoms with van der Waals surface area (Å²) in [6.45, 7) is 5.76. The van der Waals surface area contributed by atoms with Crippen molar-refractivity contribution in [1.29, 1.82) is 0 Å². The van der Waals surface area contributed by atoms with E-state index < -0.39 is 6.10 Å². The summed E-state index contributed by atoms with van der Waals surface area (Å²) in [5.74, 6) is -0.265. The number of aliphatic hydroxyl groups is 1. The third kappa shape index (κ3) is 12.4. The third-order valence-electron chi connectivity index (χ3n) is 3.81. The van der Waals surface area contributed by atoms with Gasteiger partial charge in [0.05, 0.1) is 6.10 Å². The quantitative estimate of drug-likeness (QED) is 0.367. The van der Waals surface area contributed by atoms with Gasteiger partial charge in [0, 0.05) is 5.92 Å². The highest BCUT2D eigenvalue weighted by Gasteiger charge is 2.12. The van der Waals surface area contributed by atoms with Gasteiger partial charge in [0.2, 0.25) is 0 Å². The molecule has 0 saturated heterocycles. The van der Waals surface area contributed by atoms with Gasteiger partial charge in [-0.3, -0.25) is 0 Å². The number of unbranched alkanes of at least 4 members (excludes halogenated alkanes) is 10. The largest absolute Gasteiger partial charge is 0.392 e. The molecule has 2 atom stereocenters. The van der Waals surface area contributed by atoms with Crippen molar-refractivity contribution in [3.05, 3.63) is 6.92 Å². The van der Waals surface area contributed by atoms with E-state index in [1.807, 2.05) is 0 Å². The minimum atomic E-state index is -0.736. The van der Waals surface area contributed by atoms with Crippen molar-refractivity contribution in [2.45, 2.75) is 90.1 Å². The smallest absolute Gasteiger partial charge is 0.125 e. The lowest BCUT2D eigenvalue weighted by Crippen LogP contribution is -2.18. The molecule has 0 bridgehead atoms. The van der Waals surface area contributed by atoms with E-state index in [2.05, 4.69) is 13.8 Å². The van der Waals surface area contributed by atoms with Crippen molar-refractivity contribution in [2.24, 2.45) is 5.92 Å². The number of aliphatic hydroxyl groups excluding tert-OH is 1. The molecule has 2 unspecified atom stereocenters. The lowest BCUT2D eigenvalue weighted by Gasteiger charge is -2.12. The second-order valence-corrected chi connectivity index (χ2v) is 5.69. The minimum absolute atomic E-state index is 0.265. The van der Waals surface area contributed by atoms with Crippen LogP contribution < -0.4 is 0 Å². The van der Waals surface area contributed by atoms with Crippen LogP contribution in [0.3, 0.4) is 0 Å². The number of rotatable bonds is 14. The Morgan fingerprint density at radius 2 is 1.32 bits per heavy atom. The first-order valence-electron chi connectivity index (χ1n) is 8.18. The van der Waals surface area contributed by atoms with Crippen molar-refractivity contribution in [3.63, 3.8) is 0 Å². The molecule has 0 aromatic rings. The Morgan fingerprint density at radius 1 is 0.895 bits per heavy atom. The predicted molar refractivity (Wildman–Crippen MR) is 82.0 cm³/mol. The second kappa shape index (κ2) is 14.0. The summed E-state index contributed by atoms with van der Waals surface area (Å²) in [5.41, 5.74) is 0. The zero-order chi connectivity index (χ0) is 14.3. The summed E-state index contributed by atoms with van der Waals surface area (Å²) in [7, 11) is 0. The van der Waals surface area contributed by atoms with Crippen molar-refractivity contribution in [1.82, 2.24) is 0 Å². The van der Waals surface area contributed by atoms with E-state index in [4.69, 9.17) is 0 Å². The van der Waals surface area contributed by atoms with E-state index in [0.29, 0.717) is 0 Å². The predicted octanol–water partition coefficient (Wildman–Crippen LogP) is 4.70. The molecule has 0 fully saturated rings. The summed E-state index contributed by atoms with van der Waals surface area (Å²) >= 11 is 0. The number of aldehydes is 1. The lowest BCUT2D eigenvalue weighted by molar-refractivity contribution is -0.113. The zero-order valence-electron chi connectivity index (χ0n) is 12.8. The van der Waals surface area contributed by atoms with Crippen LogP contribution in [0.25, 0.3) is 0 Å². The van der Waals surface area contributed by atoms with E-state index in [-0.39, 0.29) is 5.92 Å². The number of hydrogen-bond donors (Lipinski definition) is 1. The molecule has 0 spiro atoms. The van der Waals surface area contributed by atoms with Crippen molar-refractivity contribution in [2.75, 3.05) is 0 Å². The van der Waals surface area contributed by atoms with Gasteiger partial charge < -0.3 is 9.90 Å². The highest BCUT2D eigenvalue weighted by Crippen LogP contribution is 2.15. The summed E-state index contributed by atoms with van der Waals surface area (Å²) in [5, 5.41) is 9.23. The van der Waals surface area contributed by atoms with Crippen LogP contribution in [0.5, 0.6) is 0 Å². The summed E-state index contributed by atoms with van der Waals surface area (Å²) < 4.78 is 0. The summed E-state index contributed by atoms with van der Waals surface area (Å²) in [6, 6.07) is 0. The lowest BCUT2D eigenvalue weighted by atomic mass is 9.97. The summed E-state index contributed by atoms with van der Waals surface area (Å²) in [4.78, 5) is 10.7. The highest BCUT2D eigenvalue weighted by atomic mass is 16.3. The number of hydrogen-bond acceptors (Lipinski definition) is 2. The fraction of sp³-hybridized carbons (Fsp3) is 0.882. The normalized spacial score (nSPS) is 14.3. The van der Waals surface area contributed by atoms with Crippen LogP contribution >= 0.6 is 0 Å². The van der Waals surface area contributed by atoms with E-state index in [1.54, 1.807) is 0 Å². The molecular weight excluding hydrogens is 236 g/mol. The Bertz CT molecular complexity index is 190. The topological polar surface area (TPSA) is 37.3 Å². The Kier molecular flexibility index (Phi) is 13.8.